The van der Waals surface area contributed by atoms with Crippen molar-refractivity contribution < 1.29 is 18.7 Å². The molecule has 1 fully saturated rings. The maximum absolute atomic E-state index is 12.1. The predicted molar refractivity (Wildman–Crippen MR) is 96.3 cm³/mol. The molecule has 3 heterocycles. The summed E-state index contributed by atoms with van der Waals surface area (Å²) < 4.78 is 16.0. The number of hydrogen-bond acceptors (Lipinski definition) is 5. The number of benzene rings is 1. The Morgan fingerprint density at radius 2 is 2.00 bits per heavy atom. The number of fused-ring (bicyclic) bond motifs is 1. The molecule has 0 bridgehead atoms. The Morgan fingerprint density at radius 1 is 1.15 bits per heavy atom. The molecule has 138 valence electrons. The first kappa shape index (κ1) is 16.8. The topological polar surface area (TPSA) is 76.0 Å². The van der Waals surface area contributed by atoms with Crippen molar-refractivity contribution in [1.82, 2.24) is 10.2 Å². The number of likely N-dealkylation sites (tertiary alicyclic amines) is 1. The second-order valence-corrected chi connectivity index (χ2v) is 6.70. The van der Waals surface area contributed by atoms with Gasteiger partial charge in [-0.3, -0.25) is 4.90 Å². The van der Waals surface area contributed by atoms with Gasteiger partial charge in [0.25, 0.3) is 0 Å². The molecule has 0 atom stereocenters. The van der Waals surface area contributed by atoms with E-state index in [0.717, 1.165) is 38.2 Å². The first-order valence-corrected chi connectivity index (χ1v) is 8.95. The van der Waals surface area contributed by atoms with Crippen LogP contribution in [0.4, 0.5) is 10.5 Å². The molecule has 0 radical (unpaired) electrons. The number of ether oxygens (including phenoxy) is 2. The number of amides is 2. The highest BCUT2D eigenvalue weighted by Gasteiger charge is 2.20. The molecule has 2 amide bonds. The van der Waals surface area contributed by atoms with Gasteiger partial charge in [0, 0.05) is 18.3 Å². The Labute approximate surface area is 152 Å². The van der Waals surface area contributed by atoms with Gasteiger partial charge in [0.1, 0.15) is 5.76 Å². The first-order valence-electron chi connectivity index (χ1n) is 8.95. The highest BCUT2D eigenvalue weighted by atomic mass is 16.7. The molecule has 0 aliphatic carbocycles. The summed E-state index contributed by atoms with van der Waals surface area (Å²) in [5.74, 6) is 2.87. The molecule has 1 aromatic carbocycles. The van der Waals surface area contributed by atoms with E-state index in [2.05, 4.69) is 15.5 Å². The van der Waals surface area contributed by atoms with Crippen LogP contribution in [-0.4, -0.2) is 37.4 Å². The van der Waals surface area contributed by atoms with Crippen LogP contribution in [0.3, 0.4) is 0 Å². The zero-order valence-corrected chi connectivity index (χ0v) is 14.6. The molecule has 0 unspecified atom stereocenters. The summed E-state index contributed by atoms with van der Waals surface area (Å²) in [7, 11) is 0. The van der Waals surface area contributed by atoms with Crippen molar-refractivity contribution in [3.8, 4) is 11.5 Å². The lowest BCUT2D eigenvalue weighted by atomic mass is 9.97. The predicted octanol–water partition coefficient (Wildman–Crippen LogP) is 3.04. The fraction of sp³-hybridized carbons (Fsp3) is 0.421. The summed E-state index contributed by atoms with van der Waals surface area (Å²) in [6.07, 6.45) is 3.86. The number of anilines is 1. The highest BCUT2D eigenvalue weighted by molar-refractivity contribution is 5.89. The van der Waals surface area contributed by atoms with E-state index in [0.29, 0.717) is 29.6 Å². The van der Waals surface area contributed by atoms with Gasteiger partial charge in [0.2, 0.25) is 6.79 Å². The van der Waals surface area contributed by atoms with Crippen LogP contribution in [0.15, 0.2) is 41.0 Å². The minimum absolute atomic E-state index is 0.193. The summed E-state index contributed by atoms with van der Waals surface area (Å²) in [6, 6.07) is 9.11. The quantitative estimate of drug-likeness (QED) is 0.860. The summed E-state index contributed by atoms with van der Waals surface area (Å²) in [6.45, 7) is 3.82. The van der Waals surface area contributed by atoms with Crippen LogP contribution in [0.25, 0.3) is 0 Å². The Kier molecular flexibility index (Phi) is 4.97. The van der Waals surface area contributed by atoms with Crippen LogP contribution in [0.2, 0.25) is 0 Å². The van der Waals surface area contributed by atoms with E-state index in [-0.39, 0.29) is 12.8 Å². The van der Waals surface area contributed by atoms with E-state index >= 15 is 0 Å². The van der Waals surface area contributed by atoms with Crippen LogP contribution in [-0.2, 0) is 6.54 Å². The monoisotopic (exact) mass is 357 g/mol. The van der Waals surface area contributed by atoms with Gasteiger partial charge >= 0.3 is 6.03 Å². The fourth-order valence-corrected chi connectivity index (χ4v) is 3.36. The van der Waals surface area contributed by atoms with E-state index in [9.17, 15) is 4.79 Å². The zero-order valence-electron chi connectivity index (χ0n) is 14.6. The number of hydrogen-bond donors (Lipinski definition) is 2. The average Bonchev–Trinajstić information content (AvgIpc) is 3.32. The smallest absolute Gasteiger partial charge is 0.319 e. The van der Waals surface area contributed by atoms with Crippen molar-refractivity contribution in [3.05, 3.63) is 42.4 Å². The van der Waals surface area contributed by atoms with Gasteiger partial charge in [-0.2, -0.15) is 0 Å². The number of nitrogens with zero attached hydrogens (tertiary/aromatic N) is 1. The number of furan rings is 1. The third kappa shape index (κ3) is 4.11. The van der Waals surface area contributed by atoms with Gasteiger partial charge in [-0.05, 0) is 56.1 Å². The molecule has 1 aromatic heterocycles. The normalized spacial score (nSPS) is 17.2. The van der Waals surface area contributed by atoms with Crippen LogP contribution < -0.4 is 20.1 Å². The molecule has 7 nitrogen and oxygen atoms in total. The molecule has 7 heteroatoms. The molecular weight excluding hydrogens is 334 g/mol. The van der Waals surface area contributed by atoms with Crippen LogP contribution in [0, 0.1) is 5.92 Å². The summed E-state index contributed by atoms with van der Waals surface area (Å²) in [4.78, 5) is 14.5. The maximum atomic E-state index is 12.1. The number of piperidine rings is 1. The Morgan fingerprint density at radius 3 is 2.81 bits per heavy atom. The molecule has 2 aliphatic rings. The minimum Gasteiger partial charge on any atom is -0.468 e. The average molecular weight is 357 g/mol. The van der Waals surface area contributed by atoms with Gasteiger partial charge in [0.15, 0.2) is 11.5 Å². The Hall–Kier alpha value is -2.67. The molecule has 2 aromatic rings. The second kappa shape index (κ2) is 7.70. The third-order valence-electron chi connectivity index (χ3n) is 4.85. The number of nitrogens with one attached hydrogen (secondary N) is 2. The van der Waals surface area contributed by atoms with E-state index < -0.39 is 0 Å². The van der Waals surface area contributed by atoms with Crippen molar-refractivity contribution in [2.24, 2.45) is 5.92 Å². The summed E-state index contributed by atoms with van der Waals surface area (Å²) in [5.41, 5.74) is 0.694. The van der Waals surface area contributed by atoms with Gasteiger partial charge in [-0.25, -0.2) is 4.79 Å². The van der Waals surface area contributed by atoms with Crippen LogP contribution >= 0.6 is 0 Å². The molecule has 2 N–H and O–H groups in total. The number of carbonyl (C=O) groups is 1. The lowest BCUT2D eigenvalue weighted by molar-refractivity contribution is 0.165. The lowest BCUT2D eigenvalue weighted by Crippen LogP contribution is -2.39. The van der Waals surface area contributed by atoms with E-state index in [1.165, 1.54) is 0 Å². The molecular formula is C19H23N3O4. The largest absolute Gasteiger partial charge is 0.468 e. The molecule has 2 aliphatic heterocycles. The third-order valence-corrected chi connectivity index (χ3v) is 4.85. The SMILES string of the molecule is O=C(NCC1CCN(Cc2ccco2)CC1)Nc1ccc2c(c1)OCO2. The highest BCUT2D eigenvalue weighted by Crippen LogP contribution is 2.34. The molecule has 0 spiro atoms. The number of carbonyl (C=O) groups excluding carboxylic acids is 1. The van der Waals surface area contributed by atoms with Crippen molar-refractivity contribution >= 4 is 11.7 Å². The number of rotatable bonds is 5. The van der Waals surface area contributed by atoms with Gasteiger partial charge < -0.3 is 24.5 Å². The lowest BCUT2D eigenvalue weighted by Gasteiger charge is -2.31. The Bertz CT molecular complexity index is 739. The molecule has 4 rings (SSSR count). The van der Waals surface area contributed by atoms with Crippen LogP contribution in [0.5, 0.6) is 11.5 Å². The zero-order chi connectivity index (χ0) is 17.8. The van der Waals surface area contributed by atoms with Crippen molar-refractivity contribution in [2.45, 2.75) is 19.4 Å². The minimum atomic E-state index is -0.193. The van der Waals surface area contributed by atoms with Gasteiger partial charge in [-0.1, -0.05) is 0 Å². The van der Waals surface area contributed by atoms with Gasteiger partial charge in [-0.15, -0.1) is 0 Å². The maximum Gasteiger partial charge on any atom is 0.319 e. The first-order chi connectivity index (χ1) is 12.8. The molecule has 1 saturated heterocycles. The second-order valence-electron chi connectivity index (χ2n) is 6.70. The standard InChI is InChI=1S/C19H23N3O4/c23-19(21-15-3-4-17-18(10-15)26-13-25-17)20-11-14-5-7-22(8-6-14)12-16-2-1-9-24-16/h1-4,9-10,14H,5-8,11-13H2,(H2,20,21,23). The summed E-state index contributed by atoms with van der Waals surface area (Å²) >= 11 is 0. The van der Waals surface area contributed by atoms with E-state index in [1.807, 2.05) is 12.1 Å². The van der Waals surface area contributed by atoms with Gasteiger partial charge in [0.05, 0.1) is 12.8 Å². The van der Waals surface area contributed by atoms with Crippen molar-refractivity contribution in [2.75, 3.05) is 31.7 Å². The number of urea groups is 1. The molecule has 0 saturated carbocycles. The van der Waals surface area contributed by atoms with Crippen molar-refractivity contribution in [3.63, 3.8) is 0 Å². The van der Waals surface area contributed by atoms with E-state index in [4.69, 9.17) is 13.9 Å². The summed E-state index contributed by atoms with van der Waals surface area (Å²) in [5, 5.41) is 5.81. The van der Waals surface area contributed by atoms with Crippen molar-refractivity contribution in [1.29, 1.82) is 0 Å². The van der Waals surface area contributed by atoms with E-state index in [1.54, 1.807) is 24.5 Å². The molecule has 26 heavy (non-hydrogen) atoms. The van der Waals surface area contributed by atoms with Crippen LogP contribution in [0.1, 0.15) is 18.6 Å². The fourth-order valence-electron chi connectivity index (χ4n) is 3.36. The Balaban J connectivity index is 1.18.